The lowest BCUT2D eigenvalue weighted by molar-refractivity contribution is -0.147. The van der Waals surface area contributed by atoms with E-state index in [-0.39, 0.29) is 11.3 Å². The van der Waals surface area contributed by atoms with Gasteiger partial charge in [0.1, 0.15) is 5.60 Å². The molecule has 1 amide bonds. The first-order chi connectivity index (χ1) is 11.9. The quantitative estimate of drug-likeness (QED) is 0.836. The highest BCUT2D eigenvalue weighted by molar-refractivity contribution is 6.30. The zero-order valence-electron chi connectivity index (χ0n) is 15.2. The van der Waals surface area contributed by atoms with E-state index in [9.17, 15) is 4.79 Å². The molecular formula is C21H28ClNO2. The number of nitrogens with one attached hydrogen (secondary N) is 1. The maximum Gasteiger partial charge on any atom is 0.226 e. The van der Waals surface area contributed by atoms with Crippen LogP contribution in [0, 0.1) is 23.2 Å². The van der Waals surface area contributed by atoms with Crippen LogP contribution in [0.2, 0.25) is 5.02 Å². The molecule has 4 aliphatic rings. The Labute approximate surface area is 155 Å². The summed E-state index contributed by atoms with van der Waals surface area (Å²) in [6.07, 6.45) is 7.32. The molecule has 1 aromatic rings. The van der Waals surface area contributed by atoms with Crippen LogP contribution in [-0.2, 0) is 15.1 Å². The lowest BCUT2D eigenvalue weighted by atomic mass is 9.49. The van der Waals surface area contributed by atoms with Crippen molar-refractivity contribution in [2.24, 2.45) is 23.2 Å². The molecule has 4 bridgehead atoms. The van der Waals surface area contributed by atoms with E-state index >= 15 is 0 Å². The molecule has 0 aromatic heterocycles. The molecule has 4 aliphatic carbocycles. The molecule has 4 saturated carbocycles. The molecule has 0 saturated heterocycles. The van der Waals surface area contributed by atoms with Crippen LogP contribution < -0.4 is 5.32 Å². The van der Waals surface area contributed by atoms with E-state index in [4.69, 9.17) is 16.3 Å². The van der Waals surface area contributed by atoms with E-state index in [1.165, 1.54) is 19.3 Å². The summed E-state index contributed by atoms with van der Waals surface area (Å²) >= 11 is 6.14. The first-order valence-electron chi connectivity index (χ1n) is 9.52. The van der Waals surface area contributed by atoms with Gasteiger partial charge in [0.25, 0.3) is 0 Å². The molecule has 136 valence electrons. The molecule has 1 atom stereocenters. The van der Waals surface area contributed by atoms with Gasteiger partial charge in [-0.2, -0.15) is 0 Å². The summed E-state index contributed by atoms with van der Waals surface area (Å²) in [5.74, 6) is 2.58. The second-order valence-corrected chi connectivity index (χ2v) is 9.26. The topological polar surface area (TPSA) is 38.3 Å². The van der Waals surface area contributed by atoms with Crippen molar-refractivity contribution in [3.05, 3.63) is 34.9 Å². The molecule has 1 N–H and O–H groups in total. The Bertz CT molecular complexity index is 638. The molecule has 0 aliphatic heterocycles. The Balaban J connectivity index is 1.47. The highest BCUT2D eigenvalue weighted by Crippen LogP contribution is 2.60. The smallest absolute Gasteiger partial charge is 0.226 e. The third-order valence-electron chi connectivity index (χ3n) is 6.99. The summed E-state index contributed by atoms with van der Waals surface area (Å²) < 4.78 is 5.77. The number of carbonyl (C=O) groups is 1. The van der Waals surface area contributed by atoms with Gasteiger partial charge < -0.3 is 10.1 Å². The van der Waals surface area contributed by atoms with Gasteiger partial charge in [-0.1, -0.05) is 23.7 Å². The van der Waals surface area contributed by atoms with Gasteiger partial charge in [-0.05, 0) is 80.9 Å². The fraction of sp³-hybridized carbons (Fsp3) is 0.667. The lowest BCUT2D eigenvalue weighted by Gasteiger charge is -2.55. The number of halogens is 1. The maximum absolute atomic E-state index is 13.2. The van der Waals surface area contributed by atoms with E-state index in [0.717, 1.165) is 42.6 Å². The summed E-state index contributed by atoms with van der Waals surface area (Å²) in [7, 11) is 1.69. The van der Waals surface area contributed by atoms with E-state index in [1.54, 1.807) is 7.11 Å². The zero-order valence-corrected chi connectivity index (χ0v) is 15.9. The van der Waals surface area contributed by atoms with Gasteiger partial charge in [0.2, 0.25) is 5.91 Å². The van der Waals surface area contributed by atoms with E-state index in [0.29, 0.717) is 11.6 Å². The minimum absolute atomic E-state index is 0.113. The number of carbonyl (C=O) groups excluding carboxylic acids is 1. The van der Waals surface area contributed by atoms with Crippen molar-refractivity contribution in [1.82, 2.24) is 5.32 Å². The third-order valence-corrected chi connectivity index (χ3v) is 7.23. The van der Waals surface area contributed by atoms with Crippen LogP contribution in [0.3, 0.4) is 0 Å². The predicted molar refractivity (Wildman–Crippen MR) is 99.4 cm³/mol. The minimum atomic E-state index is -0.567. The van der Waals surface area contributed by atoms with Crippen LogP contribution in [0.25, 0.3) is 0 Å². The van der Waals surface area contributed by atoms with E-state index in [2.05, 4.69) is 5.32 Å². The van der Waals surface area contributed by atoms with Crippen LogP contribution in [-0.4, -0.2) is 19.6 Å². The molecule has 4 fully saturated rings. The van der Waals surface area contributed by atoms with Crippen LogP contribution in [0.4, 0.5) is 0 Å². The monoisotopic (exact) mass is 361 g/mol. The normalized spacial score (nSPS) is 35.4. The van der Waals surface area contributed by atoms with Gasteiger partial charge in [0.15, 0.2) is 0 Å². The fourth-order valence-corrected chi connectivity index (χ4v) is 6.12. The van der Waals surface area contributed by atoms with Gasteiger partial charge in [-0.25, -0.2) is 0 Å². The van der Waals surface area contributed by atoms with Crippen LogP contribution in [0.15, 0.2) is 24.3 Å². The Morgan fingerprint density at radius 2 is 1.84 bits per heavy atom. The molecule has 0 radical (unpaired) electrons. The number of benzene rings is 1. The summed E-state index contributed by atoms with van der Waals surface area (Å²) in [4.78, 5) is 13.2. The number of ether oxygens (including phenoxy) is 1. The Morgan fingerprint density at radius 1 is 1.24 bits per heavy atom. The number of methoxy groups -OCH3 is 1. The number of hydrogen-bond acceptors (Lipinski definition) is 2. The predicted octanol–water partition coefficient (Wildman–Crippen LogP) is 4.53. The van der Waals surface area contributed by atoms with Crippen molar-refractivity contribution in [2.45, 2.75) is 51.0 Å². The zero-order chi connectivity index (χ0) is 17.7. The van der Waals surface area contributed by atoms with Crippen molar-refractivity contribution >= 4 is 17.5 Å². The molecular weight excluding hydrogens is 334 g/mol. The second-order valence-electron chi connectivity index (χ2n) is 8.83. The summed E-state index contributed by atoms with van der Waals surface area (Å²) in [5, 5.41) is 3.93. The molecule has 4 heteroatoms. The summed E-state index contributed by atoms with van der Waals surface area (Å²) in [6, 6.07) is 7.71. The standard InChI is InChI=1S/C21H28ClNO2/c1-20(25-2,17-4-3-5-18(22)9-17)13-23-19(24)21-10-14-6-15(11-21)8-16(7-14)12-21/h3-5,9,14-16H,6-8,10-13H2,1-2H3,(H,23,24). The van der Waals surface area contributed by atoms with Crippen molar-refractivity contribution < 1.29 is 9.53 Å². The SMILES string of the molecule is COC(C)(CNC(=O)C12CC3CC(CC(C3)C1)C2)c1cccc(Cl)c1. The maximum atomic E-state index is 13.2. The van der Waals surface area contributed by atoms with Crippen LogP contribution in [0.5, 0.6) is 0 Å². The lowest BCUT2D eigenvalue weighted by Crippen LogP contribution is -2.55. The number of hydrogen-bond donors (Lipinski definition) is 1. The van der Waals surface area contributed by atoms with Gasteiger partial charge in [-0.3, -0.25) is 4.79 Å². The average Bonchev–Trinajstić information content (AvgIpc) is 2.58. The molecule has 5 rings (SSSR count). The van der Waals surface area contributed by atoms with Gasteiger partial charge in [0, 0.05) is 17.5 Å². The molecule has 3 nitrogen and oxygen atoms in total. The van der Waals surface area contributed by atoms with Crippen molar-refractivity contribution in [3.63, 3.8) is 0 Å². The first kappa shape index (κ1) is 17.4. The van der Waals surface area contributed by atoms with Crippen LogP contribution >= 0.6 is 11.6 Å². The largest absolute Gasteiger partial charge is 0.372 e. The average molecular weight is 362 g/mol. The van der Waals surface area contributed by atoms with Crippen LogP contribution in [0.1, 0.15) is 51.0 Å². The third kappa shape index (κ3) is 3.10. The molecule has 0 heterocycles. The van der Waals surface area contributed by atoms with Crippen molar-refractivity contribution in [1.29, 1.82) is 0 Å². The van der Waals surface area contributed by atoms with E-state index in [1.807, 2.05) is 31.2 Å². The Hall–Kier alpha value is -1.06. The molecule has 1 aromatic carbocycles. The highest BCUT2D eigenvalue weighted by Gasteiger charge is 2.54. The van der Waals surface area contributed by atoms with Gasteiger partial charge >= 0.3 is 0 Å². The fourth-order valence-electron chi connectivity index (χ4n) is 5.93. The minimum Gasteiger partial charge on any atom is -0.372 e. The Kier molecular flexibility index (Phi) is 4.36. The van der Waals surface area contributed by atoms with Crippen molar-refractivity contribution in [3.8, 4) is 0 Å². The van der Waals surface area contributed by atoms with Gasteiger partial charge in [0.05, 0.1) is 6.54 Å². The van der Waals surface area contributed by atoms with E-state index < -0.39 is 5.60 Å². The summed E-state index contributed by atoms with van der Waals surface area (Å²) in [6.45, 7) is 2.49. The second kappa shape index (κ2) is 6.28. The number of rotatable bonds is 5. The molecule has 0 spiro atoms. The summed E-state index contributed by atoms with van der Waals surface area (Å²) in [5.41, 5.74) is 0.314. The molecule has 1 unspecified atom stereocenters. The Morgan fingerprint density at radius 3 is 2.36 bits per heavy atom. The first-order valence-corrected chi connectivity index (χ1v) is 9.90. The van der Waals surface area contributed by atoms with Gasteiger partial charge in [-0.15, -0.1) is 0 Å². The number of amides is 1. The van der Waals surface area contributed by atoms with Crippen molar-refractivity contribution in [2.75, 3.05) is 13.7 Å². The molecule has 25 heavy (non-hydrogen) atoms. The highest BCUT2D eigenvalue weighted by atomic mass is 35.5.